The van der Waals surface area contributed by atoms with Crippen LogP contribution >= 0.6 is 0 Å². The van der Waals surface area contributed by atoms with Gasteiger partial charge in [0.2, 0.25) is 0 Å². The predicted octanol–water partition coefficient (Wildman–Crippen LogP) is 2.48. The summed E-state index contributed by atoms with van der Waals surface area (Å²) in [6.07, 6.45) is 3.48. The van der Waals surface area contributed by atoms with E-state index < -0.39 is 11.5 Å². The fourth-order valence-electron chi connectivity index (χ4n) is 4.16. The molecular weight excluding hydrogens is 366 g/mol. The van der Waals surface area contributed by atoms with Gasteiger partial charge in [-0.1, -0.05) is 24.3 Å². The molecule has 0 radical (unpaired) electrons. The number of nitrogens with two attached hydrogens (primary N) is 1. The molecule has 0 saturated carbocycles. The predicted molar refractivity (Wildman–Crippen MR) is 111 cm³/mol. The SMILES string of the molecule is CC(C)(O)C1CCN(Cc2ccc(-c3ccc(C(N)=O)c4ncnn34)cc2)CC1. The number of hydrogen-bond donors (Lipinski definition) is 2. The Bertz CT molecular complexity index is 1010. The van der Waals surface area contributed by atoms with Crippen LogP contribution in [0, 0.1) is 5.92 Å². The molecule has 3 heterocycles. The van der Waals surface area contributed by atoms with E-state index in [0.717, 1.165) is 43.7 Å². The molecule has 0 unspecified atom stereocenters. The summed E-state index contributed by atoms with van der Waals surface area (Å²) in [5.41, 5.74) is 8.77. The van der Waals surface area contributed by atoms with Crippen molar-refractivity contribution in [3.05, 3.63) is 53.9 Å². The molecule has 152 valence electrons. The molecule has 2 aromatic heterocycles. The van der Waals surface area contributed by atoms with Crippen molar-refractivity contribution < 1.29 is 9.90 Å². The van der Waals surface area contributed by atoms with Crippen LogP contribution in [0.5, 0.6) is 0 Å². The molecule has 3 N–H and O–H groups in total. The molecule has 0 bridgehead atoms. The molecule has 7 nitrogen and oxygen atoms in total. The molecule has 3 aromatic rings. The Labute approximate surface area is 170 Å². The Morgan fingerprint density at radius 2 is 1.86 bits per heavy atom. The van der Waals surface area contributed by atoms with Crippen molar-refractivity contribution in [1.82, 2.24) is 19.5 Å². The number of nitrogens with zero attached hydrogens (tertiary/aromatic N) is 4. The van der Waals surface area contributed by atoms with E-state index in [-0.39, 0.29) is 0 Å². The van der Waals surface area contributed by atoms with Gasteiger partial charge >= 0.3 is 0 Å². The summed E-state index contributed by atoms with van der Waals surface area (Å²) in [6.45, 7) is 6.73. The van der Waals surface area contributed by atoms with Crippen LogP contribution in [0.1, 0.15) is 42.6 Å². The van der Waals surface area contributed by atoms with Gasteiger partial charge in [0.05, 0.1) is 16.9 Å². The highest BCUT2D eigenvalue weighted by Gasteiger charge is 2.30. The number of piperidine rings is 1. The normalized spacial score (nSPS) is 16.4. The Hall–Kier alpha value is -2.77. The zero-order chi connectivity index (χ0) is 20.6. The largest absolute Gasteiger partial charge is 0.390 e. The molecule has 0 atom stereocenters. The summed E-state index contributed by atoms with van der Waals surface area (Å²) < 4.78 is 1.65. The van der Waals surface area contributed by atoms with E-state index in [2.05, 4.69) is 39.2 Å². The topological polar surface area (TPSA) is 96.8 Å². The second kappa shape index (κ2) is 7.57. The minimum Gasteiger partial charge on any atom is -0.390 e. The van der Waals surface area contributed by atoms with E-state index in [9.17, 15) is 9.90 Å². The van der Waals surface area contributed by atoms with Crippen LogP contribution in [-0.2, 0) is 6.54 Å². The number of aliphatic hydroxyl groups is 1. The van der Waals surface area contributed by atoms with Crippen molar-refractivity contribution in [1.29, 1.82) is 0 Å². The van der Waals surface area contributed by atoms with Gasteiger partial charge in [-0.2, -0.15) is 5.10 Å². The molecule has 1 amide bonds. The monoisotopic (exact) mass is 393 g/mol. The molecule has 1 aliphatic rings. The average molecular weight is 393 g/mol. The van der Waals surface area contributed by atoms with Gasteiger partial charge in [0.25, 0.3) is 5.91 Å². The molecule has 0 aliphatic carbocycles. The van der Waals surface area contributed by atoms with Crippen molar-refractivity contribution in [2.75, 3.05) is 13.1 Å². The van der Waals surface area contributed by atoms with Gasteiger partial charge in [-0.25, -0.2) is 9.50 Å². The smallest absolute Gasteiger partial charge is 0.252 e. The van der Waals surface area contributed by atoms with Crippen LogP contribution < -0.4 is 5.73 Å². The van der Waals surface area contributed by atoms with Gasteiger partial charge in [0, 0.05) is 12.1 Å². The Morgan fingerprint density at radius 1 is 1.17 bits per heavy atom. The molecule has 4 rings (SSSR count). The van der Waals surface area contributed by atoms with Gasteiger partial charge in [0.15, 0.2) is 5.65 Å². The number of aromatic nitrogens is 3. The zero-order valence-corrected chi connectivity index (χ0v) is 16.9. The van der Waals surface area contributed by atoms with E-state index in [0.29, 0.717) is 17.1 Å². The lowest BCUT2D eigenvalue weighted by Gasteiger charge is -2.37. The van der Waals surface area contributed by atoms with Crippen molar-refractivity contribution >= 4 is 11.6 Å². The number of pyridine rings is 1. The molecular formula is C22H27N5O2. The molecule has 0 spiro atoms. The van der Waals surface area contributed by atoms with Crippen molar-refractivity contribution in [3.8, 4) is 11.3 Å². The minimum atomic E-state index is -0.593. The molecule has 1 aliphatic heterocycles. The fraction of sp³-hybridized carbons (Fsp3) is 0.409. The highest BCUT2D eigenvalue weighted by molar-refractivity contribution is 5.99. The highest BCUT2D eigenvalue weighted by Crippen LogP contribution is 2.29. The summed E-state index contributed by atoms with van der Waals surface area (Å²) >= 11 is 0. The van der Waals surface area contributed by atoms with E-state index >= 15 is 0 Å². The Kier molecular flexibility index (Phi) is 5.10. The van der Waals surface area contributed by atoms with Crippen LogP contribution in [-0.4, -0.2) is 49.2 Å². The lowest BCUT2D eigenvalue weighted by molar-refractivity contribution is -0.0136. The molecule has 1 aromatic carbocycles. The standard InChI is InChI=1S/C22H27N5O2/c1-22(2,29)17-9-11-26(12-10-17)13-15-3-5-16(6-4-15)19-8-7-18(20(23)28)21-24-14-25-27(19)21/h3-8,14,17,29H,9-13H2,1-2H3,(H2,23,28). The number of primary amides is 1. The minimum absolute atomic E-state index is 0.359. The first-order chi connectivity index (χ1) is 13.8. The van der Waals surface area contributed by atoms with E-state index in [1.807, 2.05) is 19.9 Å². The zero-order valence-electron chi connectivity index (χ0n) is 16.9. The van der Waals surface area contributed by atoms with Gasteiger partial charge in [-0.15, -0.1) is 0 Å². The van der Waals surface area contributed by atoms with Crippen LogP contribution in [0.15, 0.2) is 42.7 Å². The first-order valence-electron chi connectivity index (χ1n) is 9.99. The number of rotatable bonds is 5. The second-order valence-electron chi connectivity index (χ2n) is 8.39. The third-order valence-corrected chi connectivity index (χ3v) is 5.93. The van der Waals surface area contributed by atoms with Crippen molar-refractivity contribution in [2.45, 2.75) is 38.8 Å². The fourth-order valence-corrected chi connectivity index (χ4v) is 4.16. The molecule has 1 saturated heterocycles. The number of carbonyl (C=O) groups is 1. The maximum atomic E-state index is 11.6. The van der Waals surface area contributed by atoms with Crippen molar-refractivity contribution in [2.24, 2.45) is 11.7 Å². The number of amides is 1. The lowest BCUT2D eigenvalue weighted by Crippen LogP contribution is -2.41. The average Bonchev–Trinajstić information content (AvgIpc) is 3.17. The van der Waals surface area contributed by atoms with Gasteiger partial charge in [-0.05, 0) is 63.4 Å². The third kappa shape index (κ3) is 4.02. The Morgan fingerprint density at radius 3 is 2.48 bits per heavy atom. The number of likely N-dealkylation sites (tertiary alicyclic amines) is 1. The van der Waals surface area contributed by atoms with Crippen LogP contribution in [0.2, 0.25) is 0 Å². The van der Waals surface area contributed by atoms with Crippen LogP contribution in [0.4, 0.5) is 0 Å². The summed E-state index contributed by atoms with van der Waals surface area (Å²) in [5.74, 6) is -0.146. The quantitative estimate of drug-likeness (QED) is 0.694. The van der Waals surface area contributed by atoms with Gasteiger partial charge < -0.3 is 10.8 Å². The number of hydrogen-bond acceptors (Lipinski definition) is 5. The first kappa shape index (κ1) is 19.5. The molecule has 7 heteroatoms. The Balaban J connectivity index is 1.48. The van der Waals surface area contributed by atoms with Gasteiger partial charge in [-0.3, -0.25) is 9.69 Å². The number of benzene rings is 1. The lowest BCUT2D eigenvalue weighted by atomic mass is 9.83. The van der Waals surface area contributed by atoms with Gasteiger partial charge in [0.1, 0.15) is 6.33 Å². The highest BCUT2D eigenvalue weighted by atomic mass is 16.3. The first-order valence-corrected chi connectivity index (χ1v) is 9.99. The third-order valence-electron chi connectivity index (χ3n) is 5.93. The summed E-state index contributed by atoms with van der Waals surface area (Å²) in [5, 5.41) is 14.5. The van der Waals surface area contributed by atoms with Crippen LogP contribution in [0.3, 0.4) is 0 Å². The van der Waals surface area contributed by atoms with Crippen LogP contribution in [0.25, 0.3) is 16.9 Å². The van der Waals surface area contributed by atoms with Crippen molar-refractivity contribution in [3.63, 3.8) is 0 Å². The maximum absolute atomic E-state index is 11.6. The van der Waals surface area contributed by atoms with E-state index in [1.165, 1.54) is 11.9 Å². The summed E-state index contributed by atoms with van der Waals surface area (Å²) in [4.78, 5) is 18.2. The number of carbonyl (C=O) groups excluding carboxylic acids is 1. The molecule has 29 heavy (non-hydrogen) atoms. The van der Waals surface area contributed by atoms with E-state index in [4.69, 9.17) is 5.73 Å². The maximum Gasteiger partial charge on any atom is 0.252 e. The van der Waals surface area contributed by atoms with E-state index in [1.54, 1.807) is 10.6 Å². The summed E-state index contributed by atoms with van der Waals surface area (Å²) in [7, 11) is 0. The second-order valence-corrected chi connectivity index (χ2v) is 8.39. The number of fused-ring (bicyclic) bond motifs is 1. The molecule has 1 fully saturated rings. The summed E-state index contributed by atoms with van der Waals surface area (Å²) in [6, 6.07) is 11.9.